The zero-order valence-corrected chi connectivity index (χ0v) is 20.2. The van der Waals surface area contributed by atoms with Crippen LogP contribution in [0.1, 0.15) is 16.7 Å². The molecular formula is C25H19Cl2N7O. The summed E-state index contributed by atoms with van der Waals surface area (Å²) in [6.07, 6.45) is 5.61. The van der Waals surface area contributed by atoms with Crippen molar-refractivity contribution >= 4 is 46.4 Å². The van der Waals surface area contributed by atoms with E-state index in [9.17, 15) is 10.1 Å². The van der Waals surface area contributed by atoms with Crippen LogP contribution in [0.3, 0.4) is 0 Å². The summed E-state index contributed by atoms with van der Waals surface area (Å²) in [4.78, 5) is 23.2. The molecule has 4 aromatic rings. The van der Waals surface area contributed by atoms with Gasteiger partial charge in [0.15, 0.2) is 0 Å². The van der Waals surface area contributed by atoms with Gasteiger partial charge in [-0.1, -0.05) is 29.3 Å². The van der Waals surface area contributed by atoms with Crippen LogP contribution in [-0.2, 0) is 24.7 Å². The third-order valence-corrected chi connectivity index (χ3v) is 6.51. The van der Waals surface area contributed by atoms with E-state index in [4.69, 9.17) is 23.2 Å². The molecule has 174 valence electrons. The second-order valence-corrected chi connectivity index (χ2v) is 8.85. The molecule has 8 nitrogen and oxygen atoms in total. The van der Waals surface area contributed by atoms with E-state index in [0.29, 0.717) is 51.6 Å². The fourth-order valence-corrected chi connectivity index (χ4v) is 4.61. The number of anilines is 3. The van der Waals surface area contributed by atoms with Gasteiger partial charge in [-0.25, -0.2) is 9.97 Å². The minimum Gasteiger partial charge on any atom is -0.324 e. The summed E-state index contributed by atoms with van der Waals surface area (Å²) in [6.45, 7) is 0.506. The van der Waals surface area contributed by atoms with Gasteiger partial charge in [0.25, 0.3) is 0 Å². The molecular weight excluding hydrogens is 485 g/mol. The number of hydrogen-bond acceptors (Lipinski definition) is 6. The molecule has 3 aromatic heterocycles. The molecule has 0 fully saturated rings. The van der Waals surface area contributed by atoms with Gasteiger partial charge in [-0.3, -0.25) is 9.48 Å². The molecule has 5 rings (SSSR count). The number of carbonyl (C=O) groups excluding carboxylic acids is 1. The van der Waals surface area contributed by atoms with Crippen LogP contribution in [0.4, 0.5) is 17.3 Å². The van der Waals surface area contributed by atoms with E-state index in [2.05, 4.69) is 26.5 Å². The highest BCUT2D eigenvalue weighted by molar-refractivity contribution is 6.33. The predicted molar refractivity (Wildman–Crippen MR) is 135 cm³/mol. The molecule has 1 aromatic carbocycles. The summed E-state index contributed by atoms with van der Waals surface area (Å²) in [5, 5.41) is 18.0. The maximum atomic E-state index is 13.1. The van der Waals surface area contributed by atoms with Gasteiger partial charge in [-0.2, -0.15) is 10.4 Å². The van der Waals surface area contributed by atoms with E-state index in [1.807, 2.05) is 18.2 Å². The van der Waals surface area contributed by atoms with E-state index in [-0.39, 0.29) is 12.3 Å². The number of rotatable bonds is 5. The summed E-state index contributed by atoms with van der Waals surface area (Å²) >= 11 is 12.3. The van der Waals surface area contributed by atoms with E-state index in [1.165, 1.54) is 0 Å². The molecule has 10 heteroatoms. The lowest BCUT2D eigenvalue weighted by atomic mass is 9.98. The Morgan fingerprint density at radius 3 is 2.77 bits per heavy atom. The molecule has 4 heterocycles. The first-order valence-electron chi connectivity index (χ1n) is 10.8. The Bertz CT molecular complexity index is 1470. The van der Waals surface area contributed by atoms with Gasteiger partial charge >= 0.3 is 0 Å². The van der Waals surface area contributed by atoms with Crippen LogP contribution in [0.25, 0.3) is 11.1 Å². The number of nitrogens with one attached hydrogen (secondary N) is 1. The number of carbonyl (C=O) groups is 1. The maximum absolute atomic E-state index is 13.1. The number of benzene rings is 1. The Hall–Kier alpha value is -3.93. The van der Waals surface area contributed by atoms with E-state index in [0.717, 1.165) is 16.7 Å². The number of amides is 1. The second-order valence-electron chi connectivity index (χ2n) is 8.09. The number of nitriles is 1. The highest BCUT2D eigenvalue weighted by Gasteiger charge is 2.29. The van der Waals surface area contributed by atoms with Gasteiger partial charge in [0.2, 0.25) is 5.91 Å². The minimum absolute atomic E-state index is 0.119. The second kappa shape index (κ2) is 9.37. The molecule has 0 saturated carbocycles. The molecule has 0 radical (unpaired) electrons. The van der Waals surface area contributed by atoms with Crippen molar-refractivity contribution in [2.24, 2.45) is 7.05 Å². The highest BCUT2D eigenvalue weighted by atomic mass is 35.5. The predicted octanol–water partition coefficient (Wildman–Crippen LogP) is 4.93. The van der Waals surface area contributed by atoms with Crippen LogP contribution in [0.15, 0.2) is 55.0 Å². The molecule has 0 bridgehead atoms. The van der Waals surface area contributed by atoms with Gasteiger partial charge in [0.1, 0.15) is 27.9 Å². The first-order chi connectivity index (χ1) is 16.9. The summed E-state index contributed by atoms with van der Waals surface area (Å²) in [6, 6.07) is 13.4. The van der Waals surface area contributed by atoms with Crippen LogP contribution >= 0.6 is 23.2 Å². The number of hydrogen-bond donors (Lipinski definition) is 1. The quantitative estimate of drug-likeness (QED) is 0.387. The molecule has 1 N–H and O–H groups in total. The third-order valence-electron chi connectivity index (χ3n) is 5.90. The van der Waals surface area contributed by atoms with E-state index in [1.54, 1.807) is 53.4 Å². The monoisotopic (exact) mass is 503 g/mol. The molecule has 1 aliphatic heterocycles. The first kappa shape index (κ1) is 22.8. The Labute approximate surface area is 211 Å². The number of nitrogens with zero attached hydrogens (tertiary/aromatic N) is 6. The minimum atomic E-state index is -0.119. The Morgan fingerprint density at radius 1 is 1.17 bits per heavy atom. The number of fused-ring (bicyclic) bond motifs is 1. The Kier molecular flexibility index (Phi) is 6.12. The molecule has 0 atom stereocenters. The molecule has 0 spiro atoms. The van der Waals surface area contributed by atoms with Crippen LogP contribution in [0, 0.1) is 11.3 Å². The standard InChI is InChI=1S/C25H19Cl2N7O/c1-33-25(20(26)14-31-33)32-21-11-15(4-7-29-21)18-9-16-5-8-34(23(16)19(10-18)13-28)22(35)12-17-3-2-6-30-24(17)27/h2-4,6-7,9-11,14H,5,8,12H2,1H3,(H,29,32). The number of aromatic nitrogens is 4. The SMILES string of the molecule is Cn1ncc(Cl)c1Nc1cc(-c2cc(C#N)c3c(c2)CCN3C(=O)Cc2cccnc2Cl)ccn1. The average Bonchev–Trinajstić information content (AvgIpc) is 3.44. The van der Waals surface area contributed by atoms with Gasteiger partial charge in [0, 0.05) is 26.0 Å². The van der Waals surface area contributed by atoms with Crippen LogP contribution in [0.5, 0.6) is 0 Å². The van der Waals surface area contributed by atoms with Crippen LogP contribution in [0.2, 0.25) is 10.2 Å². The van der Waals surface area contributed by atoms with Crippen LogP contribution < -0.4 is 10.2 Å². The highest BCUT2D eigenvalue weighted by Crippen LogP contribution is 2.37. The fraction of sp³-hybridized carbons (Fsp3) is 0.160. The summed E-state index contributed by atoms with van der Waals surface area (Å²) in [7, 11) is 1.78. The number of pyridine rings is 2. The Morgan fingerprint density at radius 2 is 2.03 bits per heavy atom. The van der Waals surface area contributed by atoms with E-state index >= 15 is 0 Å². The van der Waals surface area contributed by atoms with Crippen molar-refractivity contribution in [2.45, 2.75) is 12.8 Å². The van der Waals surface area contributed by atoms with Crippen LogP contribution in [-0.4, -0.2) is 32.2 Å². The van der Waals surface area contributed by atoms with Crippen molar-refractivity contribution in [1.82, 2.24) is 19.7 Å². The number of aryl methyl sites for hydroxylation is 1. The molecule has 35 heavy (non-hydrogen) atoms. The van der Waals surface area contributed by atoms with Crippen molar-refractivity contribution in [3.05, 3.63) is 81.9 Å². The third kappa shape index (κ3) is 4.44. The van der Waals surface area contributed by atoms with Gasteiger partial charge in [-0.05, 0) is 59.0 Å². The smallest absolute Gasteiger partial charge is 0.231 e. The van der Waals surface area contributed by atoms with Crippen molar-refractivity contribution < 1.29 is 4.79 Å². The summed E-state index contributed by atoms with van der Waals surface area (Å²) < 4.78 is 1.63. The average molecular weight is 504 g/mol. The van der Waals surface area contributed by atoms with Crippen molar-refractivity contribution in [2.75, 3.05) is 16.8 Å². The topological polar surface area (TPSA) is 99.7 Å². The zero-order valence-electron chi connectivity index (χ0n) is 18.7. The maximum Gasteiger partial charge on any atom is 0.231 e. The molecule has 0 aliphatic carbocycles. The molecule has 0 saturated heterocycles. The van der Waals surface area contributed by atoms with Gasteiger partial charge in [-0.15, -0.1) is 0 Å². The van der Waals surface area contributed by atoms with Crippen molar-refractivity contribution in [3.63, 3.8) is 0 Å². The zero-order chi connectivity index (χ0) is 24.5. The fourth-order valence-electron chi connectivity index (χ4n) is 4.21. The lowest BCUT2D eigenvalue weighted by Gasteiger charge is -2.19. The molecule has 0 unspecified atom stereocenters. The molecule has 1 aliphatic rings. The van der Waals surface area contributed by atoms with Gasteiger partial charge in [0.05, 0.1) is 23.9 Å². The lowest BCUT2D eigenvalue weighted by molar-refractivity contribution is -0.117. The first-order valence-corrected chi connectivity index (χ1v) is 11.6. The van der Waals surface area contributed by atoms with Gasteiger partial charge < -0.3 is 10.2 Å². The largest absolute Gasteiger partial charge is 0.324 e. The normalized spacial score (nSPS) is 12.3. The van der Waals surface area contributed by atoms with E-state index < -0.39 is 0 Å². The van der Waals surface area contributed by atoms with Crippen molar-refractivity contribution in [3.8, 4) is 17.2 Å². The van der Waals surface area contributed by atoms with Crippen molar-refractivity contribution in [1.29, 1.82) is 5.26 Å². The summed E-state index contributed by atoms with van der Waals surface area (Å²) in [5.74, 6) is 1.11. The Balaban J connectivity index is 1.45. The molecule has 1 amide bonds. The summed E-state index contributed by atoms with van der Waals surface area (Å²) in [5.41, 5.74) is 4.47. The number of halogens is 2. The lowest BCUT2D eigenvalue weighted by Crippen LogP contribution is -2.31.